The van der Waals surface area contributed by atoms with E-state index in [1.54, 1.807) is 4.90 Å². The Kier molecular flexibility index (Phi) is 6.94. The number of carbonyl (C=O) groups excluding carboxylic acids is 2. The molecule has 1 saturated heterocycles. The summed E-state index contributed by atoms with van der Waals surface area (Å²) in [6, 6.07) is 3.80. The Labute approximate surface area is 161 Å². The van der Waals surface area contributed by atoms with Crippen molar-refractivity contribution in [3.05, 3.63) is 23.4 Å². The predicted octanol–water partition coefficient (Wildman–Crippen LogP) is 2.51. The van der Waals surface area contributed by atoms with Crippen LogP contribution in [-0.4, -0.2) is 53.3 Å². The molecule has 0 unspecified atom stereocenters. The highest BCUT2D eigenvalue weighted by molar-refractivity contribution is 7.13. The van der Waals surface area contributed by atoms with Crippen molar-refractivity contribution in [2.24, 2.45) is 5.92 Å². The van der Waals surface area contributed by atoms with Crippen molar-refractivity contribution in [2.75, 3.05) is 26.4 Å². The molecule has 0 saturated carbocycles. The quantitative estimate of drug-likeness (QED) is 0.636. The summed E-state index contributed by atoms with van der Waals surface area (Å²) < 4.78 is 16.1. The zero-order valence-electron chi connectivity index (χ0n) is 15.3. The van der Waals surface area contributed by atoms with Crippen LogP contribution >= 0.6 is 11.3 Å². The molecule has 146 valence electrons. The van der Waals surface area contributed by atoms with Gasteiger partial charge in [0.2, 0.25) is 5.89 Å². The summed E-state index contributed by atoms with van der Waals surface area (Å²) in [4.78, 5) is 27.0. The molecule has 8 nitrogen and oxygen atoms in total. The zero-order chi connectivity index (χ0) is 19.1. The van der Waals surface area contributed by atoms with Gasteiger partial charge in [-0.2, -0.15) is 0 Å². The average Bonchev–Trinajstić information content (AvgIpc) is 3.38. The monoisotopic (exact) mass is 393 g/mol. The molecule has 0 aliphatic carbocycles. The Morgan fingerprint density at radius 3 is 2.85 bits per heavy atom. The number of aromatic nitrogens is 2. The molecule has 0 spiro atoms. The Hall–Kier alpha value is -2.26. The van der Waals surface area contributed by atoms with Crippen LogP contribution in [0.3, 0.4) is 0 Å². The first kappa shape index (κ1) is 19.5. The van der Waals surface area contributed by atoms with Crippen LogP contribution in [0.4, 0.5) is 0 Å². The second kappa shape index (κ2) is 9.61. The maximum atomic E-state index is 12.5. The lowest BCUT2D eigenvalue weighted by molar-refractivity contribution is -0.158. The first-order chi connectivity index (χ1) is 13.2. The lowest BCUT2D eigenvalue weighted by atomic mass is 10.0. The molecule has 3 rings (SSSR count). The minimum absolute atomic E-state index is 0.185. The van der Waals surface area contributed by atoms with Crippen molar-refractivity contribution in [2.45, 2.75) is 32.7 Å². The minimum atomic E-state index is -0.333. The van der Waals surface area contributed by atoms with E-state index < -0.39 is 0 Å². The molecule has 1 fully saturated rings. The highest BCUT2D eigenvalue weighted by atomic mass is 32.1. The summed E-state index contributed by atoms with van der Waals surface area (Å²) >= 11 is 1.51. The molecule has 0 aromatic carbocycles. The van der Waals surface area contributed by atoms with Crippen LogP contribution in [0.5, 0.6) is 0 Å². The van der Waals surface area contributed by atoms with Gasteiger partial charge in [0.05, 0.1) is 17.3 Å². The SMILES string of the molecule is CCCN(Cc1nnc(-c2cccs2)o1)C(=O)COC(=O)C1CCOCC1. The van der Waals surface area contributed by atoms with Crippen molar-refractivity contribution < 1.29 is 23.5 Å². The lowest BCUT2D eigenvalue weighted by Gasteiger charge is -2.22. The van der Waals surface area contributed by atoms with E-state index in [2.05, 4.69) is 10.2 Å². The van der Waals surface area contributed by atoms with E-state index in [9.17, 15) is 9.59 Å². The molecule has 0 bridgehead atoms. The summed E-state index contributed by atoms with van der Waals surface area (Å²) in [5, 5.41) is 9.97. The predicted molar refractivity (Wildman–Crippen MR) is 97.8 cm³/mol. The summed E-state index contributed by atoms with van der Waals surface area (Å²) in [7, 11) is 0. The summed E-state index contributed by atoms with van der Waals surface area (Å²) in [5.41, 5.74) is 0. The highest BCUT2D eigenvalue weighted by Gasteiger charge is 2.25. The summed E-state index contributed by atoms with van der Waals surface area (Å²) in [6.45, 7) is 3.52. The third kappa shape index (κ3) is 5.36. The third-order valence-corrected chi connectivity index (χ3v) is 5.12. The third-order valence-electron chi connectivity index (χ3n) is 4.26. The first-order valence-electron chi connectivity index (χ1n) is 9.05. The fourth-order valence-electron chi connectivity index (χ4n) is 2.82. The minimum Gasteiger partial charge on any atom is -0.455 e. The Balaban J connectivity index is 1.54. The van der Waals surface area contributed by atoms with E-state index in [0.717, 1.165) is 11.3 Å². The van der Waals surface area contributed by atoms with E-state index in [4.69, 9.17) is 13.9 Å². The molecule has 2 aromatic rings. The topological polar surface area (TPSA) is 94.8 Å². The van der Waals surface area contributed by atoms with Crippen molar-refractivity contribution in [1.82, 2.24) is 15.1 Å². The molecule has 1 amide bonds. The normalized spacial score (nSPS) is 14.9. The standard InChI is InChI=1S/C18H23N3O5S/c1-2-7-21(11-15-19-20-17(26-15)14-4-3-10-27-14)16(22)12-25-18(23)13-5-8-24-9-6-13/h3-4,10,13H,2,5-9,11-12H2,1H3. The van der Waals surface area contributed by atoms with Gasteiger partial charge in [-0.15, -0.1) is 21.5 Å². The van der Waals surface area contributed by atoms with E-state index in [1.165, 1.54) is 11.3 Å². The zero-order valence-corrected chi connectivity index (χ0v) is 16.1. The Morgan fingerprint density at radius 2 is 2.15 bits per heavy atom. The van der Waals surface area contributed by atoms with Gasteiger partial charge < -0.3 is 18.8 Å². The van der Waals surface area contributed by atoms with Gasteiger partial charge in [-0.25, -0.2) is 0 Å². The van der Waals surface area contributed by atoms with Crippen molar-refractivity contribution in [3.63, 3.8) is 0 Å². The van der Waals surface area contributed by atoms with Gasteiger partial charge in [-0.05, 0) is 30.7 Å². The van der Waals surface area contributed by atoms with Gasteiger partial charge >= 0.3 is 5.97 Å². The van der Waals surface area contributed by atoms with Crippen LogP contribution in [0.25, 0.3) is 10.8 Å². The molecule has 0 atom stereocenters. The molecule has 3 heterocycles. The van der Waals surface area contributed by atoms with Gasteiger partial charge in [0.15, 0.2) is 6.61 Å². The van der Waals surface area contributed by atoms with Crippen molar-refractivity contribution in [3.8, 4) is 10.8 Å². The van der Waals surface area contributed by atoms with Crippen LogP contribution < -0.4 is 0 Å². The molecule has 2 aromatic heterocycles. The Bertz CT molecular complexity index is 740. The van der Waals surface area contributed by atoms with Gasteiger partial charge in [-0.3, -0.25) is 9.59 Å². The van der Waals surface area contributed by atoms with Crippen LogP contribution in [0.2, 0.25) is 0 Å². The number of amides is 1. The van der Waals surface area contributed by atoms with E-state index >= 15 is 0 Å². The maximum Gasteiger partial charge on any atom is 0.309 e. The van der Waals surface area contributed by atoms with Gasteiger partial charge in [-0.1, -0.05) is 13.0 Å². The average molecular weight is 393 g/mol. The number of nitrogens with zero attached hydrogens (tertiary/aromatic N) is 3. The lowest BCUT2D eigenvalue weighted by Crippen LogP contribution is -2.36. The van der Waals surface area contributed by atoms with Crippen molar-refractivity contribution in [1.29, 1.82) is 0 Å². The molecule has 1 aliphatic rings. The number of hydrogen-bond donors (Lipinski definition) is 0. The Morgan fingerprint density at radius 1 is 1.33 bits per heavy atom. The first-order valence-corrected chi connectivity index (χ1v) is 9.93. The van der Waals surface area contributed by atoms with E-state index in [-0.39, 0.29) is 30.9 Å². The molecular weight excluding hydrogens is 370 g/mol. The summed E-state index contributed by atoms with van der Waals surface area (Å²) in [6.07, 6.45) is 2.05. The number of carbonyl (C=O) groups is 2. The van der Waals surface area contributed by atoms with Crippen LogP contribution in [0, 0.1) is 5.92 Å². The van der Waals surface area contributed by atoms with Crippen molar-refractivity contribution >= 4 is 23.2 Å². The van der Waals surface area contributed by atoms with E-state index in [0.29, 0.717) is 44.4 Å². The molecule has 0 N–H and O–H groups in total. The van der Waals surface area contributed by atoms with Crippen LogP contribution in [-0.2, 0) is 25.6 Å². The maximum absolute atomic E-state index is 12.5. The number of ether oxygens (including phenoxy) is 2. The van der Waals surface area contributed by atoms with E-state index in [1.807, 2.05) is 24.4 Å². The fourth-order valence-corrected chi connectivity index (χ4v) is 3.46. The fraction of sp³-hybridized carbons (Fsp3) is 0.556. The smallest absolute Gasteiger partial charge is 0.309 e. The highest BCUT2D eigenvalue weighted by Crippen LogP contribution is 2.23. The summed E-state index contributed by atoms with van der Waals surface area (Å²) in [5.74, 6) is 0.00951. The second-order valence-electron chi connectivity index (χ2n) is 6.29. The molecule has 9 heteroatoms. The van der Waals surface area contributed by atoms with Gasteiger partial charge in [0.1, 0.15) is 0 Å². The molecule has 27 heavy (non-hydrogen) atoms. The molecule has 1 aliphatic heterocycles. The largest absolute Gasteiger partial charge is 0.455 e. The molecular formula is C18H23N3O5S. The van der Waals surface area contributed by atoms with Gasteiger partial charge in [0.25, 0.3) is 11.8 Å². The number of thiophene rings is 1. The van der Waals surface area contributed by atoms with Crippen LogP contribution in [0.15, 0.2) is 21.9 Å². The second-order valence-corrected chi connectivity index (χ2v) is 7.24. The number of hydrogen-bond acceptors (Lipinski definition) is 8. The number of rotatable bonds is 8. The van der Waals surface area contributed by atoms with Crippen LogP contribution in [0.1, 0.15) is 32.1 Å². The number of esters is 1. The molecule has 0 radical (unpaired) electrons. The van der Waals surface area contributed by atoms with Gasteiger partial charge in [0, 0.05) is 19.8 Å².